The van der Waals surface area contributed by atoms with Crippen molar-refractivity contribution in [3.8, 4) is 0 Å². The van der Waals surface area contributed by atoms with Crippen molar-refractivity contribution in [2.24, 2.45) is 5.41 Å². The summed E-state index contributed by atoms with van der Waals surface area (Å²) in [5.41, 5.74) is 9.83. The predicted molar refractivity (Wildman–Crippen MR) is 59.3 cm³/mol. The molecule has 0 aliphatic heterocycles. The van der Waals surface area contributed by atoms with E-state index in [-0.39, 0.29) is 5.41 Å². The van der Waals surface area contributed by atoms with Gasteiger partial charge < -0.3 is 10.3 Å². The first-order chi connectivity index (χ1) is 6.58. The van der Waals surface area contributed by atoms with E-state index in [4.69, 9.17) is 4.84 Å². The lowest BCUT2D eigenvalue weighted by molar-refractivity contribution is 0.0700. The van der Waals surface area contributed by atoms with E-state index < -0.39 is 0 Å². The maximum atomic E-state index is 4.83. The molecule has 0 aromatic carbocycles. The van der Waals surface area contributed by atoms with Crippen molar-refractivity contribution >= 4 is 0 Å². The van der Waals surface area contributed by atoms with Crippen LogP contribution in [0.1, 0.15) is 13.8 Å². The Morgan fingerprint density at radius 2 is 2.14 bits per heavy atom. The average Bonchev–Trinajstić information content (AvgIpc) is 2.14. The average molecular weight is 199 g/mol. The molecule has 0 radical (unpaired) electrons. The van der Waals surface area contributed by atoms with Gasteiger partial charge in [-0.1, -0.05) is 26.5 Å². The standard InChI is InChI=1S/C10H21N3O/c1-6-7-9(13-11-4)10(2,3)8-12-14-5/h6-7,11-13H,1,8H2,2-5H3/b9-7+. The van der Waals surface area contributed by atoms with Gasteiger partial charge in [0.15, 0.2) is 0 Å². The minimum atomic E-state index is -0.0484. The van der Waals surface area contributed by atoms with E-state index in [0.717, 1.165) is 12.2 Å². The third-order valence-corrected chi connectivity index (χ3v) is 1.93. The van der Waals surface area contributed by atoms with Crippen LogP contribution >= 0.6 is 0 Å². The number of hydroxylamine groups is 1. The zero-order valence-corrected chi connectivity index (χ0v) is 9.48. The number of rotatable bonds is 7. The number of hydrogen-bond donors (Lipinski definition) is 3. The smallest absolute Gasteiger partial charge is 0.0572 e. The topological polar surface area (TPSA) is 45.3 Å². The highest BCUT2D eigenvalue weighted by atomic mass is 16.6. The summed E-state index contributed by atoms with van der Waals surface area (Å²) in [6, 6.07) is 0. The molecule has 0 saturated heterocycles. The molecule has 3 N–H and O–H groups in total. The number of allylic oxidation sites excluding steroid dienone is 2. The lowest BCUT2D eigenvalue weighted by Gasteiger charge is -2.28. The molecule has 0 aliphatic carbocycles. The van der Waals surface area contributed by atoms with Gasteiger partial charge in [-0.2, -0.15) is 0 Å². The normalized spacial score (nSPS) is 12.7. The van der Waals surface area contributed by atoms with Gasteiger partial charge in [0.1, 0.15) is 0 Å². The predicted octanol–water partition coefficient (Wildman–Crippen LogP) is 0.957. The van der Waals surface area contributed by atoms with Crippen molar-refractivity contribution in [1.82, 2.24) is 16.3 Å². The number of hydrogen-bond acceptors (Lipinski definition) is 4. The van der Waals surface area contributed by atoms with E-state index >= 15 is 0 Å². The second-order valence-corrected chi connectivity index (χ2v) is 3.60. The van der Waals surface area contributed by atoms with Crippen LogP contribution in [0.15, 0.2) is 24.4 Å². The number of hydrazine groups is 1. The summed E-state index contributed by atoms with van der Waals surface area (Å²) in [6.45, 7) is 8.62. The Kier molecular flexibility index (Phi) is 6.19. The van der Waals surface area contributed by atoms with Crippen LogP contribution in [0, 0.1) is 5.41 Å². The van der Waals surface area contributed by atoms with Gasteiger partial charge >= 0.3 is 0 Å². The third-order valence-electron chi connectivity index (χ3n) is 1.93. The number of nitrogens with one attached hydrogen (secondary N) is 3. The fraction of sp³-hybridized carbons (Fsp3) is 0.600. The molecule has 0 rings (SSSR count). The van der Waals surface area contributed by atoms with Crippen molar-refractivity contribution in [2.45, 2.75) is 13.8 Å². The summed E-state index contributed by atoms with van der Waals surface area (Å²) in [6.07, 6.45) is 3.70. The van der Waals surface area contributed by atoms with Gasteiger partial charge in [0, 0.05) is 24.7 Å². The summed E-state index contributed by atoms with van der Waals surface area (Å²) in [7, 11) is 3.44. The third kappa shape index (κ3) is 4.41. The minimum absolute atomic E-state index is 0.0484. The Hall–Kier alpha value is -0.840. The highest BCUT2D eigenvalue weighted by Gasteiger charge is 2.22. The van der Waals surface area contributed by atoms with Crippen LogP contribution in [0.2, 0.25) is 0 Å². The van der Waals surface area contributed by atoms with E-state index in [1.165, 1.54) is 0 Å². The Balaban J connectivity index is 4.44. The van der Waals surface area contributed by atoms with E-state index in [1.807, 2.05) is 13.1 Å². The lowest BCUT2D eigenvalue weighted by Crippen LogP contribution is -2.39. The first-order valence-corrected chi connectivity index (χ1v) is 4.60. The Bertz CT molecular complexity index is 200. The fourth-order valence-electron chi connectivity index (χ4n) is 1.04. The van der Waals surface area contributed by atoms with Crippen LogP contribution in [0.3, 0.4) is 0 Å². The van der Waals surface area contributed by atoms with Crippen molar-refractivity contribution in [3.63, 3.8) is 0 Å². The highest BCUT2D eigenvalue weighted by molar-refractivity contribution is 5.15. The van der Waals surface area contributed by atoms with Gasteiger partial charge in [0.25, 0.3) is 0 Å². The molecule has 14 heavy (non-hydrogen) atoms. The van der Waals surface area contributed by atoms with E-state index in [1.54, 1.807) is 13.2 Å². The zero-order valence-electron chi connectivity index (χ0n) is 9.48. The molecular weight excluding hydrogens is 178 g/mol. The molecule has 0 spiro atoms. The van der Waals surface area contributed by atoms with Crippen LogP contribution < -0.4 is 16.3 Å². The van der Waals surface area contributed by atoms with Crippen molar-refractivity contribution < 1.29 is 4.84 Å². The summed E-state index contributed by atoms with van der Waals surface area (Å²) < 4.78 is 0. The first-order valence-electron chi connectivity index (χ1n) is 4.60. The molecule has 0 aromatic heterocycles. The fourth-order valence-corrected chi connectivity index (χ4v) is 1.04. The Morgan fingerprint density at radius 3 is 2.57 bits per heavy atom. The minimum Gasteiger partial charge on any atom is -0.325 e. The van der Waals surface area contributed by atoms with Crippen LogP contribution in [0.4, 0.5) is 0 Å². The van der Waals surface area contributed by atoms with E-state index in [9.17, 15) is 0 Å². The molecule has 0 fully saturated rings. The maximum Gasteiger partial charge on any atom is 0.0572 e. The Morgan fingerprint density at radius 1 is 1.50 bits per heavy atom. The monoisotopic (exact) mass is 199 g/mol. The molecule has 0 aromatic rings. The molecule has 4 heteroatoms. The summed E-state index contributed by atoms with van der Waals surface area (Å²) >= 11 is 0. The molecule has 0 amide bonds. The van der Waals surface area contributed by atoms with Crippen LogP contribution in [-0.4, -0.2) is 20.7 Å². The van der Waals surface area contributed by atoms with Gasteiger partial charge in [0.05, 0.1) is 7.11 Å². The second kappa shape index (κ2) is 6.59. The van der Waals surface area contributed by atoms with Gasteiger partial charge in [-0.05, 0) is 6.08 Å². The van der Waals surface area contributed by atoms with Gasteiger partial charge in [-0.15, -0.1) is 0 Å². The molecule has 4 nitrogen and oxygen atoms in total. The van der Waals surface area contributed by atoms with E-state index in [0.29, 0.717) is 0 Å². The molecule has 0 heterocycles. The van der Waals surface area contributed by atoms with Gasteiger partial charge in [0.2, 0.25) is 0 Å². The highest BCUT2D eigenvalue weighted by Crippen LogP contribution is 2.22. The van der Waals surface area contributed by atoms with Gasteiger partial charge in [-0.3, -0.25) is 0 Å². The second-order valence-electron chi connectivity index (χ2n) is 3.60. The van der Waals surface area contributed by atoms with Crippen LogP contribution in [0.5, 0.6) is 0 Å². The molecular formula is C10H21N3O. The summed E-state index contributed by atoms with van der Waals surface area (Å²) in [4.78, 5) is 4.83. The van der Waals surface area contributed by atoms with Crippen LogP contribution in [0.25, 0.3) is 0 Å². The zero-order chi connectivity index (χ0) is 11.0. The van der Waals surface area contributed by atoms with Crippen molar-refractivity contribution in [1.29, 1.82) is 0 Å². The molecule has 0 unspecified atom stereocenters. The maximum absolute atomic E-state index is 4.83. The van der Waals surface area contributed by atoms with Crippen molar-refractivity contribution in [2.75, 3.05) is 20.7 Å². The quantitative estimate of drug-likeness (QED) is 0.422. The largest absolute Gasteiger partial charge is 0.325 e. The lowest BCUT2D eigenvalue weighted by atomic mass is 9.89. The van der Waals surface area contributed by atoms with Crippen molar-refractivity contribution in [3.05, 3.63) is 24.4 Å². The SMILES string of the molecule is C=C/C=C(/NNC)C(C)(C)CNOC. The summed E-state index contributed by atoms with van der Waals surface area (Å²) in [5, 5.41) is 0. The van der Waals surface area contributed by atoms with E-state index in [2.05, 4.69) is 36.8 Å². The Labute approximate surface area is 86.3 Å². The molecule has 0 bridgehead atoms. The molecule has 0 aliphatic rings. The molecule has 0 saturated carbocycles. The molecule has 0 atom stereocenters. The van der Waals surface area contributed by atoms with Gasteiger partial charge in [-0.25, -0.2) is 10.9 Å². The van der Waals surface area contributed by atoms with Crippen LogP contribution in [-0.2, 0) is 4.84 Å². The first kappa shape index (κ1) is 13.2. The molecule has 82 valence electrons. The summed E-state index contributed by atoms with van der Waals surface area (Å²) in [5.74, 6) is 0.